The largest absolute Gasteiger partial charge is 0.321 e. The third-order valence-corrected chi connectivity index (χ3v) is 2.78. The number of hydrogen-bond acceptors (Lipinski definition) is 2. The summed E-state index contributed by atoms with van der Waals surface area (Å²) in [4.78, 5) is 10.8. The summed E-state index contributed by atoms with van der Waals surface area (Å²) in [5, 5.41) is 0.334. The highest BCUT2D eigenvalue weighted by Gasteiger charge is 2.13. The summed E-state index contributed by atoms with van der Waals surface area (Å²) in [5.74, 6) is -0.425. The lowest BCUT2D eigenvalue weighted by molar-refractivity contribution is -0.110. The van der Waals surface area contributed by atoms with Crippen LogP contribution < -0.4 is 5.73 Å². The molecule has 0 amide bonds. The summed E-state index contributed by atoms with van der Waals surface area (Å²) < 4.78 is 13.0. The monoisotopic (exact) mass is 327 g/mol. The van der Waals surface area contributed by atoms with Crippen LogP contribution in [0.1, 0.15) is 5.56 Å². The molecule has 2 N–H and O–H groups in total. The topological polar surface area (TPSA) is 43.1 Å². The molecule has 0 saturated heterocycles. The van der Waals surface area contributed by atoms with Gasteiger partial charge in [0.05, 0.1) is 6.04 Å². The van der Waals surface area contributed by atoms with Crippen LogP contribution in [0, 0.1) is 5.82 Å². The molecule has 76 valence electrons. The molecule has 1 atom stereocenters. The van der Waals surface area contributed by atoms with Crippen molar-refractivity contribution in [3.8, 4) is 0 Å². The molecule has 0 fully saturated rings. The molecular weight excluding hydrogens is 319 g/mol. The number of halogens is 3. The number of hydrogen-bond donors (Lipinski definition) is 1. The van der Waals surface area contributed by atoms with E-state index >= 15 is 0 Å². The predicted octanol–water partition coefficient (Wildman–Crippen LogP) is 2.31. The zero-order valence-electron chi connectivity index (χ0n) is 7.14. The molecule has 0 unspecified atom stereocenters. The molecular formula is C9H8ClFINO. The fourth-order valence-electron chi connectivity index (χ4n) is 1.00. The SMILES string of the molecule is N[C@H](Cc1ccc(Cl)cc1F)C(=O)I. The first-order valence-corrected chi connectivity index (χ1v) is 5.35. The van der Waals surface area contributed by atoms with Gasteiger partial charge in [-0.1, -0.05) is 17.7 Å². The predicted molar refractivity (Wildman–Crippen MR) is 62.1 cm³/mol. The summed E-state index contributed by atoms with van der Waals surface area (Å²) in [6, 6.07) is 3.66. The molecule has 0 aliphatic heterocycles. The van der Waals surface area contributed by atoms with Crippen molar-refractivity contribution in [3.63, 3.8) is 0 Å². The van der Waals surface area contributed by atoms with E-state index in [9.17, 15) is 9.18 Å². The quantitative estimate of drug-likeness (QED) is 0.684. The lowest BCUT2D eigenvalue weighted by atomic mass is 10.1. The van der Waals surface area contributed by atoms with Crippen molar-refractivity contribution in [2.24, 2.45) is 5.73 Å². The molecule has 2 nitrogen and oxygen atoms in total. The van der Waals surface area contributed by atoms with Gasteiger partial charge in [-0.05, 0) is 24.1 Å². The van der Waals surface area contributed by atoms with E-state index in [1.807, 2.05) is 0 Å². The molecule has 0 saturated carbocycles. The average molecular weight is 328 g/mol. The highest BCUT2D eigenvalue weighted by atomic mass is 127. The number of rotatable bonds is 3. The van der Waals surface area contributed by atoms with Crippen molar-refractivity contribution >= 4 is 38.0 Å². The van der Waals surface area contributed by atoms with Crippen molar-refractivity contribution in [1.82, 2.24) is 0 Å². The van der Waals surface area contributed by atoms with E-state index in [2.05, 4.69) is 0 Å². The van der Waals surface area contributed by atoms with Gasteiger partial charge < -0.3 is 5.73 Å². The lowest BCUT2D eigenvalue weighted by Gasteiger charge is -2.07. The first-order valence-electron chi connectivity index (χ1n) is 3.89. The summed E-state index contributed by atoms with van der Waals surface area (Å²) >= 11 is 7.18. The van der Waals surface area contributed by atoms with E-state index in [1.54, 1.807) is 28.7 Å². The Morgan fingerprint density at radius 2 is 2.29 bits per heavy atom. The van der Waals surface area contributed by atoms with Crippen molar-refractivity contribution in [1.29, 1.82) is 0 Å². The second kappa shape index (κ2) is 5.04. The molecule has 1 rings (SSSR count). The molecule has 1 aromatic carbocycles. The number of carbonyl (C=O) groups is 1. The van der Waals surface area contributed by atoms with Crippen LogP contribution in [0.3, 0.4) is 0 Å². The summed E-state index contributed by atoms with van der Waals surface area (Å²) in [6.45, 7) is 0. The number of benzene rings is 1. The summed E-state index contributed by atoms with van der Waals surface area (Å²) in [7, 11) is 0. The first-order chi connectivity index (χ1) is 6.50. The van der Waals surface area contributed by atoms with E-state index < -0.39 is 11.9 Å². The number of carbonyl (C=O) groups excluding carboxylic acids is 1. The van der Waals surface area contributed by atoms with Crippen LogP contribution in [-0.4, -0.2) is 9.83 Å². The Morgan fingerprint density at radius 1 is 1.64 bits per heavy atom. The number of nitrogens with two attached hydrogens (primary N) is 1. The Morgan fingerprint density at radius 3 is 2.79 bits per heavy atom. The normalized spacial score (nSPS) is 12.6. The zero-order chi connectivity index (χ0) is 10.7. The Labute approximate surface area is 99.8 Å². The highest BCUT2D eigenvalue weighted by Crippen LogP contribution is 2.16. The molecule has 0 aliphatic rings. The van der Waals surface area contributed by atoms with Crippen LogP contribution in [0.4, 0.5) is 4.39 Å². The van der Waals surface area contributed by atoms with Gasteiger partial charge in [0.15, 0.2) is 0 Å². The fourth-order valence-corrected chi connectivity index (χ4v) is 1.38. The maximum absolute atomic E-state index is 13.2. The standard InChI is InChI=1S/C9H8ClFINO/c10-6-2-1-5(7(11)4-6)3-8(13)9(12)14/h1-2,4,8H,3,13H2/t8-/m1/s1. The zero-order valence-corrected chi connectivity index (χ0v) is 10.0. The molecule has 0 heterocycles. The van der Waals surface area contributed by atoms with Crippen LogP contribution in [0.15, 0.2) is 18.2 Å². The molecule has 0 aliphatic carbocycles. The van der Waals surface area contributed by atoms with Gasteiger partial charge in [-0.15, -0.1) is 0 Å². The molecule has 0 spiro atoms. The van der Waals surface area contributed by atoms with E-state index in [-0.39, 0.29) is 10.2 Å². The Kier molecular flexibility index (Phi) is 4.28. The minimum absolute atomic E-state index is 0.183. The Hall–Kier alpha value is -0.200. The van der Waals surface area contributed by atoms with Crippen molar-refractivity contribution in [2.45, 2.75) is 12.5 Å². The molecule has 1 aromatic rings. The second-order valence-corrected chi connectivity index (χ2v) is 4.35. The summed E-state index contributed by atoms with van der Waals surface area (Å²) in [6.07, 6.45) is 0.199. The van der Waals surface area contributed by atoms with Crippen LogP contribution >= 0.6 is 34.2 Å². The van der Waals surface area contributed by atoms with Gasteiger partial charge in [-0.2, -0.15) is 0 Å². The van der Waals surface area contributed by atoms with Crippen molar-refractivity contribution < 1.29 is 9.18 Å². The van der Waals surface area contributed by atoms with E-state index in [4.69, 9.17) is 17.3 Å². The highest BCUT2D eigenvalue weighted by molar-refractivity contribution is 14.1. The maximum Gasteiger partial charge on any atom is 0.209 e. The van der Waals surface area contributed by atoms with Gasteiger partial charge in [0.2, 0.25) is 3.79 Å². The Bertz CT molecular complexity index is 359. The van der Waals surface area contributed by atoms with E-state index in [0.29, 0.717) is 10.6 Å². The molecule has 0 aromatic heterocycles. The van der Waals surface area contributed by atoms with Gasteiger partial charge in [0.25, 0.3) is 0 Å². The van der Waals surface area contributed by atoms with E-state index in [0.717, 1.165) is 0 Å². The minimum Gasteiger partial charge on any atom is -0.321 e. The van der Waals surface area contributed by atoms with Crippen molar-refractivity contribution in [2.75, 3.05) is 0 Å². The van der Waals surface area contributed by atoms with Gasteiger partial charge in [0, 0.05) is 27.6 Å². The van der Waals surface area contributed by atoms with E-state index in [1.165, 1.54) is 12.1 Å². The van der Waals surface area contributed by atoms with Crippen LogP contribution in [0.25, 0.3) is 0 Å². The molecule has 0 radical (unpaired) electrons. The Balaban J connectivity index is 2.82. The maximum atomic E-state index is 13.2. The lowest BCUT2D eigenvalue weighted by Crippen LogP contribution is -2.29. The summed E-state index contributed by atoms with van der Waals surface area (Å²) in [5.41, 5.74) is 5.91. The average Bonchev–Trinajstić information content (AvgIpc) is 2.09. The third kappa shape index (κ3) is 3.18. The van der Waals surface area contributed by atoms with Gasteiger partial charge in [0.1, 0.15) is 5.82 Å². The van der Waals surface area contributed by atoms with Crippen molar-refractivity contribution in [3.05, 3.63) is 34.6 Å². The first kappa shape index (κ1) is 11.9. The molecule has 0 bridgehead atoms. The third-order valence-electron chi connectivity index (χ3n) is 1.75. The van der Waals surface area contributed by atoms with Crippen LogP contribution in [0.2, 0.25) is 5.02 Å². The minimum atomic E-state index is -0.661. The van der Waals surface area contributed by atoms with Gasteiger partial charge >= 0.3 is 0 Å². The second-order valence-electron chi connectivity index (χ2n) is 2.85. The van der Waals surface area contributed by atoms with Crippen LogP contribution in [-0.2, 0) is 11.2 Å². The molecule has 14 heavy (non-hydrogen) atoms. The fraction of sp³-hybridized carbons (Fsp3) is 0.222. The van der Waals surface area contributed by atoms with Gasteiger partial charge in [-0.25, -0.2) is 4.39 Å². The van der Waals surface area contributed by atoms with Crippen LogP contribution in [0.5, 0.6) is 0 Å². The smallest absolute Gasteiger partial charge is 0.209 e. The molecule has 5 heteroatoms. The van der Waals surface area contributed by atoms with Gasteiger partial charge in [-0.3, -0.25) is 4.79 Å².